The highest BCUT2D eigenvalue weighted by molar-refractivity contribution is 6.30. The lowest BCUT2D eigenvalue weighted by Gasteiger charge is -2.26. The molecule has 36 heavy (non-hydrogen) atoms. The average molecular weight is 500 g/mol. The summed E-state index contributed by atoms with van der Waals surface area (Å²) in [5, 5.41) is 0.573. The van der Waals surface area contributed by atoms with E-state index < -0.39 is 11.9 Å². The van der Waals surface area contributed by atoms with Crippen molar-refractivity contribution in [3.05, 3.63) is 96.0 Å². The van der Waals surface area contributed by atoms with Gasteiger partial charge in [0.25, 0.3) is 5.91 Å². The molecular weight excluding hydrogens is 478 g/mol. The van der Waals surface area contributed by atoms with Gasteiger partial charge in [0.1, 0.15) is 11.6 Å². The summed E-state index contributed by atoms with van der Waals surface area (Å²) < 4.78 is 5.80. The monoisotopic (exact) mass is 499 g/mol. The second-order valence-corrected chi connectivity index (χ2v) is 8.90. The fourth-order valence-corrected chi connectivity index (χ4v) is 4.43. The lowest BCUT2D eigenvalue weighted by atomic mass is 10.1. The highest BCUT2D eigenvalue weighted by Crippen LogP contribution is 2.30. The molecule has 1 unspecified atom stereocenters. The Morgan fingerprint density at radius 3 is 2.50 bits per heavy atom. The van der Waals surface area contributed by atoms with E-state index in [1.807, 2.05) is 24.3 Å². The van der Waals surface area contributed by atoms with Crippen LogP contribution < -0.4 is 4.90 Å². The van der Waals surface area contributed by atoms with Gasteiger partial charge < -0.3 is 9.32 Å². The van der Waals surface area contributed by atoms with Crippen LogP contribution >= 0.6 is 11.6 Å². The van der Waals surface area contributed by atoms with Gasteiger partial charge in [-0.25, -0.2) is 9.88 Å². The fourth-order valence-electron chi connectivity index (χ4n) is 4.30. The molecule has 0 N–H and O–H groups in total. The molecule has 0 aliphatic carbocycles. The zero-order valence-electron chi connectivity index (χ0n) is 19.3. The molecule has 0 saturated carbocycles. The molecule has 180 valence electrons. The first-order valence-electron chi connectivity index (χ1n) is 11.4. The lowest BCUT2D eigenvalue weighted by Crippen LogP contribution is -2.46. The minimum Gasteiger partial charge on any atom is -0.436 e. The number of benzene rings is 3. The number of hydrogen-bond donors (Lipinski definition) is 0. The van der Waals surface area contributed by atoms with Crippen LogP contribution in [0, 0.1) is 0 Å². The molecule has 1 saturated heterocycles. The van der Waals surface area contributed by atoms with Crippen LogP contribution in [0.5, 0.6) is 0 Å². The number of imide groups is 1. The summed E-state index contributed by atoms with van der Waals surface area (Å²) in [6.07, 6.45) is 1.55. The van der Waals surface area contributed by atoms with E-state index in [1.165, 1.54) is 4.90 Å². The highest BCUT2D eigenvalue weighted by atomic mass is 35.5. The van der Waals surface area contributed by atoms with Gasteiger partial charge in [-0.05, 0) is 54.1 Å². The third kappa shape index (κ3) is 4.53. The van der Waals surface area contributed by atoms with Crippen LogP contribution in [-0.4, -0.2) is 40.2 Å². The predicted molar refractivity (Wildman–Crippen MR) is 137 cm³/mol. The third-order valence-electron chi connectivity index (χ3n) is 6.08. The highest BCUT2D eigenvalue weighted by Gasteiger charge is 2.44. The molecule has 3 amide bonds. The number of oxazole rings is 1. The van der Waals surface area contributed by atoms with E-state index in [2.05, 4.69) is 11.6 Å². The first kappa shape index (κ1) is 23.5. The number of carbonyl (C=O) groups is 3. The minimum atomic E-state index is -0.896. The van der Waals surface area contributed by atoms with Crippen LogP contribution in [0.25, 0.3) is 22.6 Å². The summed E-state index contributed by atoms with van der Waals surface area (Å²) in [4.78, 5) is 46.3. The Hall–Kier alpha value is -4.23. The predicted octanol–water partition coefficient (Wildman–Crippen LogP) is 5.04. The molecule has 1 aliphatic heterocycles. The van der Waals surface area contributed by atoms with Crippen molar-refractivity contribution in [1.29, 1.82) is 0 Å². The Kier molecular flexibility index (Phi) is 6.40. The van der Waals surface area contributed by atoms with Crippen LogP contribution in [0.4, 0.5) is 5.69 Å². The minimum absolute atomic E-state index is 0.0855. The van der Waals surface area contributed by atoms with Gasteiger partial charge in [-0.3, -0.25) is 14.4 Å². The number of para-hydroxylation sites is 2. The largest absolute Gasteiger partial charge is 0.436 e. The van der Waals surface area contributed by atoms with Crippen molar-refractivity contribution in [2.75, 3.05) is 11.4 Å². The number of aromatic nitrogens is 1. The van der Waals surface area contributed by atoms with E-state index in [1.54, 1.807) is 54.6 Å². The Bertz CT molecular complexity index is 1430. The van der Waals surface area contributed by atoms with Crippen LogP contribution in [-0.2, 0) is 20.8 Å². The van der Waals surface area contributed by atoms with Gasteiger partial charge in [0.05, 0.1) is 18.5 Å². The number of amides is 3. The maximum atomic E-state index is 13.3. The molecule has 8 heteroatoms. The number of carbonyl (C=O) groups excluding carboxylic acids is 3. The van der Waals surface area contributed by atoms with E-state index in [0.717, 1.165) is 21.5 Å². The first-order valence-corrected chi connectivity index (χ1v) is 11.8. The molecular formula is C28H22ClN3O4. The Balaban J connectivity index is 1.35. The number of anilines is 1. The Morgan fingerprint density at radius 1 is 1.08 bits per heavy atom. The zero-order chi connectivity index (χ0) is 25.2. The van der Waals surface area contributed by atoms with E-state index in [9.17, 15) is 14.4 Å². The van der Waals surface area contributed by atoms with E-state index in [0.29, 0.717) is 22.2 Å². The standard InChI is InChI=1S/C28H22ClN3O4/c1-2-15-31(25(33)16-18-7-11-20(29)12-8-18)23-17-26(34)32(28(23)35)21-13-9-19(10-14-21)27-30-22-5-3-4-6-24(22)36-27/h2-14,23H,1,15-17H2. The molecule has 1 aromatic heterocycles. The second-order valence-electron chi connectivity index (χ2n) is 8.46. The maximum absolute atomic E-state index is 13.3. The maximum Gasteiger partial charge on any atom is 0.257 e. The summed E-state index contributed by atoms with van der Waals surface area (Å²) in [5.41, 5.74) is 3.33. The first-order chi connectivity index (χ1) is 17.4. The van der Waals surface area contributed by atoms with Crippen molar-refractivity contribution in [2.24, 2.45) is 0 Å². The summed E-state index contributed by atoms with van der Waals surface area (Å²) in [6.45, 7) is 3.87. The van der Waals surface area contributed by atoms with E-state index >= 15 is 0 Å². The number of fused-ring (bicyclic) bond motifs is 1. The number of hydrogen-bond acceptors (Lipinski definition) is 5. The average Bonchev–Trinajstić information content (AvgIpc) is 3.44. The molecule has 0 radical (unpaired) electrons. The SMILES string of the molecule is C=CCN(C(=O)Cc1ccc(Cl)cc1)C1CC(=O)N(c2ccc(-c3nc4ccccc4o3)cc2)C1=O. The Morgan fingerprint density at radius 2 is 1.81 bits per heavy atom. The molecule has 0 bridgehead atoms. The molecule has 3 aromatic carbocycles. The van der Waals surface area contributed by atoms with Crippen LogP contribution in [0.3, 0.4) is 0 Å². The molecule has 7 nitrogen and oxygen atoms in total. The summed E-state index contributed by atoms with van der Waals surface area (Å²) in [6, 6.07) is 20.4. The van der Waals surface area contributed by atoms with E-state index in [4.69, 9.17) is 16.0 Å². The fraction of sp³-hybridized carbons (Fsp3) is 0.143. The third-order valence-corrected chi connectivity index (χ3v) is 6.33. The van der Waals surface area contributed by atoms with Crippen LogP contribution in [0.15, 0.2) is 89.9 Å². The number of rotatable bonds is 7. The van der Waals surface area contributed by atoms with Crippen molar-refractivity contribution in [3.8, 4) is 11.5 Å². The zero-order valence-corrected chi connectivity index (χ0v) is 20.0. The van der Waals surface area contributed by atoms with Gasteiger partial charge in [-0.15, -0.1) is 6.58 Å². The van der Waals surface area contributed by atoms with Gasteiger partial charge in [-0.1, -0.05) is 41.9 Å². The lowest BCUT2D eigenvalue weighted by molar-refractivity contribution is -0.137. The van der Waals surface area contributed by atoms with Crippen molar-refractivity contribution in [1.82, 2.24) is 9.88 Å². The summed E-state index contributed by atoms with van der Waals surface area (Å²) in [7, 11) is 0. The number of nitrogens with zero attached hydrogens (tertiary/aromatic N) is 3. The summed E-state index contributed by atoms with van der Waals surface area (Å²) >= 11 is 5.93. The van der Waals surface area contributed by atoms with Crippen molar-refractivity contribution < 1.29 is 18.8 Å². The van der Waals surface area contributed by atoms with Gasteiger partial charge in [0.2, 0.25) is 17.7 Å². The molecule has 1 aliphatic rings. The molecule has 0 spiro atoms. The smallest absolute Gasteiger partial charge is 0.257 e. The van der Waals surface area contributed by atoms with E-state index in [-0.39, 0.29) is 31.2 Å². The van der Waals surface area contributed by atoms with Crippen molar-refractivity contribution in [2.45, 2.75) is 18.9 Å². The quantitative estimate of drug-likeness (QED) is 0.263. The van der Waals surface area contributed by atoms with Crippen LogP contribution in [0.2, 0.25) is 5.02 Å². The molecule has 2 heterocycles. The molecule has 1 fully saturated rings. The molecule has 4 aromatic rings. The van der Waals surface area contributed by atoms with Crippen molar-refractivity contribution in [3.63, 3.8) is 0 Å². The summed E-state index contributed by atoms with van der Waals surface area (Å²) in [5.74, 6) is -0.630. The molecule has 1 atom stereocenters. The Labute approximate surface area is 212 Å². The molecule has 5 rings (SSSR count). The number of halogens is 1. The normalized spacial score (nSPS) is 15.5. The van der Waals surface area contributed by atoms with Gasteiger partial charge in [-0.2, -0.15) is 0 Å². The van der Waals surface area contributed by atoms with Gasteiger partial charge >= 0.3 is 0 Å². The van der Waals surface area contributed by atoms with Crippen molar-refractivity contribution >= 4 is 46.1 Å². The van der Waals surface area contributed by atoms with Gasteiger partial charge in [0.15, 0.2) is 5.58 Å². The van der Waals surface area contributed by atoms with Crippen LogP contribution in [0.1, 0.15) is 12.0 Å². The topological polar surface area (TPSA) is 83.7 Å². The van der Waals surface area contributed by atoms with Gasteiger partial charge in [0, 0.05) is 17.1 Å². The second kappa shape index (κ2) is 9.79.